The molecule has 0 radical (unpaired) electrons. The quantitative estimate of drug-likeness (QED) is 0.833. The Morgan fingerprint density at radius 1 is 1.19 bits per heavy atom. The van der Waals surface area contributed by atoms with Crippen molar-refractivity contribution >= 4 is 0 Å². The lowest BCUT2D eigenvalue weighted by atomic mass is 9.77. The SMILES string of the molecule is CC(C)(C)C(CNC1CC1)Cc1cccc(C(F)(F)F)c1. The van der Waals surface area contributed by atoms with Gasteiger partial charge in [-0.2, -0.15) is 13.2 Å². The van der Waals surface area contributed by atoms with E-state index in [2.05, 4.69) is 26.1 Å². The Bertz CT molecular complexity index is 470. The third-order valence-corrected chi connectivity index (χ3v) is 4.19. The van der Waals surface area contributed by atoms with Gasteiger partial charge in [-0.25, -0.2) is 0 Å². The summed E-state index contributed by atoms with van der Waals surface area (Å²) >= 11 is 0. The van der Waals surface area contributed by atoms with E-state index >= 15 is 0 Å². The molecule has 0 bridgehead atoms. The number of hydrogen-bond acceptors (Lipinski definition) is 1. The minimum atomic E-state index is -4.26. The van der Waals surface area contributed by atoms with Crippen molar-refractivity contribution in [3.63, 3.8) is 0 Å². The van der Waals surface area contributed by atoms with Gasteiger partial charge in [-0.05, 0) is 48.8 Å². The van der Waals surface area contributed by atoms with E-state index in [0.717, 1.165) is 18.2 Å². The van der Waals surface area contributed by atoms with E-state index in [-0.39, 0.29) is 5.41 Å². The van der Waals surface area contributed by atoms with E-state index in [1.165, 1.54) is 25.0 Å². The summed E-state index contributed by atoms with van der Waals surface area (Å²) in [4.78, 5) is 0. The number of benzene rings is 1. The molecule has 118 valence electrons. The van der Waals surface area contributed by atoms with Crippen LogP contribution in [0.25, 0.3) is 0 Å². The average molecular weight is 299 g/mol. The third-order valence-electron chi connectivity index (χ3n) is 4.19. The molecular weight excluding hydrogens is 275 g/mol. The second-order valence-electron chi connectivity index (χ2n) is 7.15. The maximum absolute atomic E-state index is 12.8. The molecule has 1 aromatic rings. The molecule has 21 heavy (non-hydrogen) atoms. The van der Waals surface area contributed by atoms with Crippen LogP contribution in [-0.2, 0) is 12.6 Å². The van der Waals surface area contributed by atoms with E-state index in [1.54, 1.807) is 6.07 Å². The van der Waals surface area contributed by atoms with Crippen LogP contribution in [0.5, 0.6) is 0 Å². The maximum atomic E-state index is 12.8. The summed E-state index contributed by atoms with van der Waals surface area (Å²) in [5.74, 6) is 0.321. The first-order valence-corrected chi connectivity index (χ1v) is 7.56. The topological polar surface area (TPSA) is 12.0 Å². The zero-order chi connectivity index (χ0) is 15.7. The Labute approximate surface area is 124 Å². The Balaban J connectivity index is 2.08. The van der Waals surface area contributed by atoms with E-state index in [9.17, 15) is 13.2 Å². The Morgan fingerprint density at radius 3 is 2.38 bits per heavy atom. The monoisotopic (exact) mass is 299 g/mol. The number of hydrogen-bond donors (Lipinski definition) is 1. The maximum Gasteiger partial charge on any atom is 0.416 e. The van der Waals surface area contributed by atoms with Crippen LogP contribution in [0, 0.1) is 11.3 Å². The van der Waals surface area contributed by atoms with E-state index < -0.39 is 11.7 Å². The van der Waals surface area contributed by atoms with Crippen molar-refractivity contribution in [2.24, 2.45) is 11.3 Å². The first-order chi connectivity index (χ1) is 9.66. The van der Waals surface area contributed by atoms with Gasteiger partial charge < -0.3 is 5.32 Å². The second kappa shape index (κ2) is 5.99. The first kappa shape index (κ1) is 16.3. The molecule has 2 rings (SSSR count). The third kappa shape index (κ3) is 5.03. The van der Waals surface area contributed by atoms with Gasteiger partial charge in [-0.15, -0.1) is 0 Å². The summed E-state index contributed by atoms with van der Waals surface area (Å²) in [6.07, 6.45) is -1.15. The van der Waals surface area contributed by atoms with Gasteiger partial charge in [0.1, 0.15) is 0 Å². The molecule has 1 fully saturated rings. The lowest BCUT2D eigenvalue weighted by Crippen LogP contribution is -2.34. The molecule has 0 saturated heterocycles. The van der Waals surface area contributed by atoms with Crippen LogP contribution in [-0.4, -0.2) is 12.6 Å². The fraction of sp³-hybridized carbons (Fsp3) is 0.647. The van der Waals surface area contributed by atoms with Gasteiger partial charge in [0.05, 0.1) is 5.56 Å². The van der Waals surface area contributed by atoms with Gasteiger partial charge >= 0.3 is 6.18 Å². The fourth-order valence-electron chi connectivity index (χ4n) is 2.44. The Hall–Kier alpha value is -1.03. The highest BCUT2D eigenvalue weighted by atomic mass is 19.4. The smallest absolute Gasteiger partial charge is 0.314 e. The van der Waals surface area contributed by atoms with Crippen molar-refractivity contribution in [1.82, 2.24) is 5.32 Å². The normalized spacial score (nSPS) is 17.8. The molecule has 1 N–H and O–H groups in total. The Morgan fingerprint density at radius 2 is 1.86 bits per heavy atom. The first-order valence-electron chi connectivity index (χ1n) is 7.56. The number of alkyl halides is 3. The second-order valence-corrected chi connectivity index (χ2v) is 7.15. The summed E-state index contributed by atoms with van der Waals surface area (Å²) in [6, 6.07) is 6.35. The highest BCUT2D eigenvalue weighted by molar-refractivity contribution is 5.26. The van der Waals surface area contributed by atoms with Crippen molar-refractivity contribution in [1.29, 1.82) is 0 Å². The average Bonchev–Trinajstić information content (AvgIpc) is 3.16. The number of nitrogens with one attached hydrogen (secondary N) is 1. The molecule has 0 amide bonds. The van der Waals surface area contributed by atoms with E-state index in [0.29, 0.717) is 18.4 Å². The van der Waals surface area contributed by atoms with Gasteiger partial charge in [-0.3, -0.25) is 0 Å². The van der Waals surface area contributed by atoms with Gasteiger partial charge in [0.25, 0.3) is 0 Å². The molecule has 1 nitrogen and oxygen atoms in total. The molecule has 1 saturated carbocycles. The summed E-state index contributed by atoms with van der Waals surface area (Å²) in [5, 5.41) is 3.51. The molecule has 1 aliphatic rings. The molecule has 4 heteroatoms. The summed E-state index contributed by atoms with van der Waals surface area (Å²) in [6.45, 7) is 7.32. The van der Waals surface area contributed by atoms with Crippen LogP contribution >= 0.6 is 0 Å². The minimum Gasteiger partial charge on any atom is -0.314 e. The van der Waals surface area contributed by atoms with Crippen molar-refractivity contribution in [3.8, 4) is 0 Å². The summed E-state index contributed by atoms with van der Waals surface area (Å²) in [7, 11) is 0. The molecule has 1 atom stereocenters. The molecule has 1 aliphatic carbocycles. The van der Waals surface area contributed by atoms with Crippen molar-refractivity contribution in [3.05, 3.63) is 35.4 Å². The van der Waals surface area contributed by atoms with Gasteiger partial charge in [-0.1, -0.05) is 39.0 Å². The van der Waals surface area contributed by atoms with Crippen molar-refractivity contribution in [2.45, 2.75) is 52.3 Å². The predicted octanol–water partition coefficient (Wildman–Crippen LogP) is 4.66. The van der Waals surface area contributed by atoms with Crippen LogP contribution in [0.15, 0.2) is 24.3 Å². The molecule has 0 aliphatic heterocycles. The minimum absolute atomic E-state index is 0.0656. The van der Waals surface area contributed by atoms with Crippen LogP contribution in [0.3, 0.4) is 0 Å². The highest BCUT2D eigenvalue weighted by Crippen LogP contribution is 2.33. The van der Waals surface area contributed by atoms with Crippen LogP contribution < -0.4 is 5.32 Å². The lowest BCUT2D eigenvalue weighted by molar-refractivity contribution is -0.137. The molecular formula is C17H24F3N. The molecule has 1 aromatic carbocycles. The lowest BCUT2D eigenvalue weighted by Gasteiger charge is -2.31. The number of rotatable bonds is 5. The zero-order valence-electron chi connectivity index (χ0n) is 12.9. The molecule has 0 spiro atoms. The van der Waals surface area contributed by atoms with Crippen molar-refractivity contribution < 1.29 is 13.2 Å². The largest absolute Gasteiger partial charge is 0.416 e. The number of halogens is 3. The van der Waals surface area contributed by atoms with Crippen molar-refractivity contribution in [2.75, 3.05) is 6.54 Å². The Kier molecular flexibility index (Phi) is 4.66. The van der Waals surface area contributed by atoms with Gasteiger partial charge in [0.15, 0.2) is 0 Å². The fourth-order valence-corrected chi connectivity index (χ4v) is 2.44. The van der Waals surface area contributed by atoms with Crippen LogP contribution in [0.4, 0.5) is 13.2 Å². The molecule has 0 heterocycles. The zero-order valence-corrected chi connectivity index (χ0v) is 12.9. The van der Waals surface area contributed by atoms with Gasteiger partial charge in [0.2, 0.25) is 0 Å². The summed E-state index contributed by atoms with van der Waals surface area (Å²) in [5.41, 5.74) is 0.279. The standard InChI is InChI=1S/C17H24F3N/c1-16(2,3)14(11-21-15-7-8-15)10-12-5-4-6-13(9-12)17(18,19)20/h4-6,9,14-15,21H,7-8,10-11H2,1-3H3. The van der Waals surface area contributed by atoms with E-state index in [4.69, 9.17) is 0 Å². The van der Waals surface area contributed by atoms with Gasteiger partial charge in [0, 0.05) is 6.04 Å². The summed E-state index contributed by atoms with van der Waals surface area (Å²) < 4.78 is 38.4. The molecule has 1 unspecified atom stereocenters. The van der Waals surface area contributed by atoms with E-state index in [1.807, 2.05) is 0 Å². The van der Waals surface area contributed by atoms with Crippen LogP contribution in [0.1, 0.15) is 44.7 Å². The molecule has 0 aromatic heterocycles. The van der Waals surface area contributed by atoms with Crippen LogP contribution in [0.2, 0.25) is 0 Å². The highest BCUT2D eigenvalue weighted by Gasteiger charge is 2.32. The predicted molar refractivity (Wildman–Crippen MR) is 79.1 cm³/mol.